The average Bonchev–Trinajstić information content (AvgIpc) is 3.88. The Morgan fingerprint density at radius 2 is 0.966 bits per heavy atom. The molecule has 3 aromatic heterocycles. The lowest BCUT2D eigenvalue weighted by molar-refractivity contribution is 1.25. The molecule has 4 heteroatoms. The van der Waals surface area contributed by atoms with Crippen LogP contribution in [0.25, 0.3) is 114 Å². The van der Waals surface area contributed by atoms with Gasteiger partial charge >= 0.3 is 0 Å². The van der Waals surface area contributed by atoms with E-state index < -0.39 is 0 Å². The van der Waals surface area contributed by atoms with Crippen LogP contribution in [0.5, 0.6) is 0 Å². The molecule has 12 rings (SSSR count). The van der Waals surface area contributed by atoms with Crippen molar-refractivity contribution < 1.29 is 0 Å². The maximum atomic E-state index is 9.21. The van der Waals surface area contributed by atoms with Crippen molar-refractivity contribution in [1.82, 2.24) is 9.38 Å². The molecule has 0 bridgehead atoms. The van der Waals surface area contributed by atoms with E-state index in [-0.39, 0.29) is 0 Å². The van der Waals surface area contributed by atoms with Gasteiger partial charge < -0.3 is 0 Å². The van der Waals surface area contributed by atoms with Crippen LogP contribution in [-0.4, -0.2) is 9.38 Å². The van der Waals surface area contributed by atoms with Crippen LogP contribution in [0.4, 0.5) is 0 Å². The minimum Gasteiger partial charge on any atom is -0.291 e. The third-order valence-corrected chi connectivity index (χ3v) is 13.1. The molecule has 0 spiro atoms. The van der Waals surface area contributed by atoms with Gasteiger partial charge in [0, 0.05) is 20.9 Å². The maximum Gasteiger partial charge on any atom is 0.156 e. The number of hydrogen-bond acceptors (Lipinski definition) is 3. The maximum absolute atomic E-state index is 9.21. The van der Waals surface area contributed by atoms with Crippen LogP contribution in [-0.2, 0) is 0 Å². The SMILES string of the molecule is N#Cc1ccc(-c2ccc(-c3ccc(-c4ccc(-c5cc6c7ccc8ccccc8c7sc6c6nc7c8ccccc8ccc7n56)cc4)c4ccccc34)cc2)cc1. The monoisotopic (exact) mass is 753 g/mol. The molecule has 0 aliphatic heterocycles. The first-order valence-corrected chi connectivity index (χ1v) is 20.3. The highest BCUT2D eigenvalue weighted by Gasteiger charge is 2.20. The number of aromatic nitrogens is 2. The topological polar surface area (TPSA) is 41.1 Å². The van der Waals surface area contributed by atoms with Crippen molar-refractivity contribution in [2.24, 2.45) is 0 Å². The summed E-state index contributed by atoms with van der Waals surface area (Å²) in [4.78, 5) is 5.45. The molecular weight excluding hydrogens is 723 g/mol. The Morgan fingerprint density at radius 1 is 0.431 bits per heavy atom. The van der Waals surface area contributed by atoms with E-state index in [1.807, 2.05) is 35.6 Å². The Labute approximate surface area is 337 Å². The zero-order valence-corrected chi connectivity index (χ0v) is 32.0. The first-order valence-electron chi connectivity index (χ1n) is 19.5. The second kappa shape index (κ2) is 12.7. The Morgan fingerprint density at radius 3 is 1.62 bits per heavy atom. The van der Waals surface area contributed by atoms with Gasteiger partial charge in [-0.15, -0.1) is 11.3 Å². The summed E-state index contributed by atoms with van der Waals surface area (Å²) in [6, 6.07) is 69.7. The molecule has 58 heavy (non-hydrogen) atoms. The van der Waals surface area contributed by atoms with E-state index in [1.54, 1.807) is 0 Å². The van der Waals surface area contributed by atoms with Crippen molar-refractivity contribution in [3.63, 3.8) is 0 Å². The van der Waals surface area contributed by atoms with E-state index in [4.69, 9.17) is 4.98 Å². The largest absolute Gasteiger partial charge is 0.291 e. The van der Waals surface area contributed by atoms with Gasteiger partial charge in [0.2, 0.25) is 0 Å². The number of thiophene rings is 1. The van der Waals surface area contributed by atoms with Gasteiger partial charge in [0.15, 0.2) is 5.65 Å². The van der Waals surface area contributed by atoms with E-state index in [0.29, 0.717) is 5.56 Å². The number of nitrogens with zero attached hydrogens (tertiary/aromatic N) is 3. The second-order valence-corrected chi connectivity index (χ2v) is 16.0. The van der Waals surface area contributed by atoms with E-state index in [2.05, 4.69) is 174 Å². The highest BCUT2D eigenvalue weighted by atomic mass is 32.1. The molecular formula is C54H31N3S. The number of pyridine rings is 1. The van der Waals surface area contributed by atoms with Gasteiger partial charge in [0.25, 0.3) is 0 Å². The molecule has 3 heterocycles. The molecule has 12 aromatic rings. The molecule has 0 unspecified atom stereocenters. The van der Waals surface area contributed by atoms with Gasteiger partial charge in [0.1, 0.15) is 0 Å². The van der Waals surface area contributed by atoms with Gasteiger partial charge in [-0.1, -0.05) is 164 Å². The molecule has 0 aliphatic rings. The van der Waals surface area contributed by atoms with E-state index >= 15 is 0 Å². The van der Waals surface area contributed by atoms with Gasteiger partial charge in [-0.2, -0.15) is 5.26 Å². The van der Waals surface area contributed by atoms with Crippen LogP contribution < -0.4 is 0 Å². The number of hydrogen-bond donors (Lipinski definition) is 0. The molecule has 268 valence electrons. The summed E-state index contributed by atoms with van der Waals surface area (Å²) >= 11 is 1.85. The zero-order chi connectivity index (χ0) is 38.3. The molecule has 0 N–H and O–H groups in total. The Bertz CT molecular complexity index is 3660. The van der Waals surface area contributed by atoms with Crippen LogP contribution in [0.2, 0.25) is 0 Å². The lowest BCUT2D eigenvalue weighted by atomic mass is 9.91. The average molecular weight is 754 g/mol. The number of nitriles is 1. The van der Waals surface area contributed by atoms with Gasteiger partial charge in [-0.05, 0) is 90.1 Å². The Kier molecular flexibility index (Phi) is 7.16. The molecule has 3 nitrogen and oxygen atoms in total. The summed E-state index contributed by atoms with van der Waals surface area (Å²) in [7, 11) is 0. The van der Waals surface area contributed by atoms with Crippen LogP contribution in [0.1, 0.15) is 5.56 Å². The molecule has 0 amide bonds. The molecule has 0 saturated carbocycles. The van der Waals surface area contributed by atoms with Crippen molar-refractivity contribution >= 4 is 80.5 Å². The second-order valence-electron chi connectivity index (χ2n) is 15.0. The van der Waals surface area contributed by atoms with Crippen molar-refractivity contribution in [2.75, 3.05) is 0 Å². The highest BCUT2D eigenvalue weighted by molar-refractivity contribution is 7.27. The van der Waals surface area contributed by atoms with Crippen molar-refractivity contribution in [3.05, 3.63) is 194 Å². The third-order valence-electron chi connectivity index (χ3n) is 11.9. The fourth-order valence-corrected chi connectivity index (χ4v) is 10.3. The van der Waals surface area contributed by atoms with Gasteiger partial charge in [-0.3, -0.25) is 4.40 Å². The highest BCUT2D eigenvalue weighted by Crippen LogP contribution is 2.44. The Hall–Kier alpha value is -7.58. The predicted molar refractivity (Wildman–Crippen MR) is 245 cm³/mol. The first kappa shape index (κ1) is 32.6. The van der Waals surface area contributed by atoms with E-state index in [1.165, 1.54) is 74.7 Å². The van der Waals surface area contributed by atoms with Crippen molar-refractivity contribution in [1.29, 1.82) is 5.26 Å². The number of rotatable bonds is 4. The fourth-order valence-electron chi connectivity index (χ4n) is 8.98. The summed E-state index contributed by atoms with van der Waals surface area (Å²) in [6.07, 6.45) is 0. The molecule has 0 aliphatic carbocycles. The fraction of sp³-hybridized carbons (Fsp3) is 0. The minimum absolute atomic E-state index is 0.669. The molecule has 0 atom stereocenters. The van der Waals surface area contributed by atoms with Gasteiger partial charge in [-0.25, -0.2) is 4.98 Å². The first-order chi connectivity index (χ1) is 28.7. The summed E-state index contributed by atoms with van der Waals surface area (Å²) < 4.78 is 4.90. The molecule has 0 radical (unpaired) electrons. The summed E-state index contributed by atoms with van der Waals surface area (Å²) in [5.74, 6) is 0. The predicted octanol–water partition coefficient (Wildman–Crippen LogP) is 14.9. The van der Waals surface area contributed by atoms with Gasteiger partial charge in [0.05, 0.1) is 33.1 Å². The summed E-state index contributed by atoms with van der Waals surface area (Å²) in [5, 5.41) is 19.1. The van der Waals surface area contributed by atoms with E-state index in [0.717, 1.165) is 39.1 Å². The summed E-state index contributed by atoms with van der Waals surface area (Å²) in [6.45, 7) is 0. The smallest absolute Gasteiger partial charge is 0.156 e. The molecule has 0 saturated heterocycles. The summed E-state index contributed by atoms with van der Waals surface area (Å²) in [5.41, 5.74) is 13.1. The van der Waals surface area contributed by atoms with Crippen molar-refractivity contribution in [3.8, 4) is 50.7 Å². The normalized spacial score (nSPS) is 11.8. The van der Waals surface area contributed by atoms with Crippen molar-refractivity contribution in [2.45, 2.75) is 0 Å². The van der Waals surface area contributed by atoms with E-state index in [9.17, 15) is 5.26 Å². The van der Waals surface area contributed by atoms with Crippen LogP contribution in [0.15, 0.2) is 188 Å². The lowest BCUT2D eigenvalue weighted by Crippen LogP contribution is -1.93. The lowest BCUT2D eigenvalue weighted by Gasteiger charge is -2.14. The quantitative estimate of drug-likeness (QED) is 0.180. The van der Waals surface area contributed by atoms with Crippen LogP contribution in [0.3, 0.4) is 0 Å². The zero-order valence-electron chi connectivity index (χ0n) is 31.1. The number of fused-ring (bicyclic) bond motifs is 12. The number of imidazole rings is 1. The Balaban J connectivity index is 0.998. The molecule has 9 aromatic carbocycles. The number of benzene rings is 9. The van der Waals surface area contributed by atoms with Crippen LogP contribution >= 0.6 is 11.3 Å². The third kappa shape index (κ3) is 4.94. The molecule has 0 fully saturated rings. The standard InChI is InChI=1S/C54H31N3S/c55-32-33-13-15-34(16-14-33)35-17-19-38(20-18-35)41-28-29-42(46-12-6-5-11-45(41)46)39-21-23-40(24-22-39)50-31-48-47-27-25-37-8-2-4-10-44(37)52(47)58-53(48)54-56-51-43-9-3-1-7-36(43)26-30-49(51)57(50)54/h1-31H. The minimum atomic E-state index is 0.669. The van der Waals surface area contributed by atoms with Crippen LogP contribution in [0, 0.1) is 11.3 Å².